The second-order valence-electron chi connectivity index (χ2n) is 7.18. The average molecular weight is 328 g/mol. The molecule has 0 aliphatic rings. The summed E-state index contributed by atoms with van der Waals surface area (Å²) in [6.45, 7) is 6.69. The Morgan fingerprint density at radius 2 is 1.62 bits per heavy atom. The second kappa shape index (κ2) is 8.20. The molecule has 3 heteroatoms. The van der Waals surface area contributed by atoms with Gasteiger partial charge in [-0.15, -0.1) is 0 Å². The number of methoxy groups -OCH3 is 1. The molecule has 0 aliphatic heterocycles. The summed E-state index contributed by atoms with van der Waals surface area (Å²) in [6.07, 6.45) is 1.33. The number of aliphatic hydroxyl groups is 1. The van der Waals surface area contributed by atoms with Gasteiger partial charge in [-0.1, -0.05) is 57.2 Å². The second-order valence-corrected chi connectivity index (χ2v) is 7.18. The Bertz CT molecular complexity index is 644. The third kappa shape index (κ3) is 5.27. The maximum absolute atomic E-state index is 10.2. The van der Waals surface area contributed by atoms with Gasteiger partial charge in [0.2, 0.25) is 0 Å². The van der Waals surface area contributed by atoms with Crippen LogP contribution in [0, 0.1) is 5.41 Å². The van der Waals surface area contributed by atoms with Crippen LogP contribution >= 0.6 is 0 Å². The Morgan fingerprint density at radius 1 is 0.958 bits per heavy atom. The van der Waals surface area contributed by atoms with Gasteiger partial charge in [0.25, 0.3) is 0 Å². The van der Waals surface area contributed by atoms with Crippen LogP contribution in [-0.2, 0) is 13.0 Å². The smallest absolute Gasteiger partial charge is 0.161 e. The molecular weight excluding hydrogens is 300 g/mol. The summed E-state index contributed by atoms with van der Waals surface area (Å²) in [5.41, 5.74) is 2.26. The SMILES string of the molecule is COc1ccccc1OCc1cccc(CCC(O)C(C)(C)C)c1. The van der Waals surface area contributed by atoms with Crippen LogP contribution in [-0.4, -0.2) is 18.3 Å². The molecule has 2 aromatic carbocycles. The number of benzene rings is 2. The standard InChI is InChI=1S/C21H28O3/c1-21(2,3)20(22)13-12-16-8-7-9-17(14-16)15-24-19-11-6-5-10-18(19)23-4/h5-11,14,20,22H,12-13,15H2,1-4H3. The van der Waals surface area contributed by atoms with Crippen LogP contribution in [0.5, 0.6) is 11.5 Å². The Balaban J connectivity index is 1.95. The fourth-order valence-electron chi connectivity index (χ4n) is 2.51. The third-order valence-corrected chi connectivity index (χ3v) is 4.16. The minimum Gasteiger partial charge on any atom is -0.493 e. The van der Waals surface area contributed by atoms with Crippen molar-refractivity contribution in [3.05, 3.63) is 59.7 Å². The first-order chi connectivity index (χ1) is 11.4. The number of hydrogen-bond donors (Lipinski definition) is 1. The molecule has 24 heavy (non-hydrogen) atoms. The Hall–Kier alpha value is -2.00. The lowest BCUT2D eigenvalue weighted by molar-refractivity contribution is 0.0560. The summed E-state index contributed by atoms with van der Waals surface area (Å²) in [6, 6.07) is 16.0. The van der Waals surface area contributed by atoms with Gasteiger partial charge in [0.1, 0.15) is 6.61 Å². The van der Waals surface area contributed by atoms with Crippen molar-refractivity contribution >= 4 is 0 Å². The Kier molecular flexibility index (Phi) is 6.27. The molecule has 0 saturated carbocycles. The molecule has 0 radical (unpaired) electrons. The van der Waals surface area contributed by atoms with E-state index in [2.05, 4.69) is 39.0 Å². The molecule has 0 aromatic heterocycles. The number of aryl methyl sites for hydroxylation is 1. The van der Waals surface area contributed by atoms with Crippen LogP contribution in [0.3, 0.4) is 0 Å². The van der Waals surface area contributed by atoms with Crippen molar-refractivity contribution in [3.63, 3.8) is 0 Å². The maximum Gasteiger partial charge on any atom is 0.161 e. The van der Waals surface area contributed by atoms with Crippen LogP contribution in [0.1, 0.15) is 38.3 Å². The van der Waals surface area contributed by atoms with E-state index >= 15 is 0 Å². The maximum atomic E-state index is 10.2. The number of para-hydroxylation sites is 2. The van der Waals surface area contributed by atoms with E-state index in [1.54, 1.807) is 7.11 Å². The molecule has 0 fully saturated rings. The van der Waals surface area contributed by atoms with Gasteiger partial charge < -0.3 is 14.6 Å². The number of ether oxygens (including phenoxy) is 2. The fraction of sp³-hybridized carbons (Fsp3) is 0.429. The van der Waals surface area contributed by atoms with Crippen molar-refractivity contribution < 1.29 is 14.6 Å². The highest BCUT2D eigenvalue weighted by molar-refractivity contribution is 5.39. The van der Waals surface area contributed by atoms with E-state index in [1.807, 2.05) is 30.3 Å². The molecule has 0 heterocycles. The minimum absolute atomic E-state index is 0.0788. The molecule has 0 spiro atoms. The Morgan fingerprint density at radius 3 is 2.29 bits per heavy atom. The summed E-state index contributed by atoms with van der Waals surface area (Å²) in [5.74, 6) is 1.48. The average Bonchev–Trinajstić information content (AvgIpc) is 2.57. The van der Waals surface area contributed by atoms with Crippen LogP contribution in [0.25, 0.3) is 0 Å². The molecule has 1 atom stereocenters. The van der Waals surface area contributed by atoms with Gasteiger partial charge in [0, 0.05) is 0 Å². The summed E-state index contributed by atoms with van der Waals surface area (Å²) < 4.78 is 11.2. The zero-order chi connectivity index (χ0) is 17.6. The van der Waals surface area contributed by atoms with E-state index in [0.717, 1.165) is 29.9 Å². The molecule has 3 nitrogen and oxygen atoms in total. The first-order valence-electron chi connectivity index (χ1n) is 8.42. The van der Waals surface area contributed by atoms with Crippen molar-refractivity contribution in [2.24, 2.45) is 5.41 Å². The molecule has 2 rings (SSSR count). The van der Waals surface area contributed by atoms with E-state index in [-0.39, 0.29) is 11.5 Å². The first kappa shape index (κ1) is 18.3. The topological polar surface area (TPSA) is 38.7 Å². The van der Waals surface area contributed by atoms with Gasteiger partial charge in [0.05, 0.1) is 13.2 Å². The third-order valence-electron chi connectivity index (χ3n) is 4.16. The fourth-order valence-corrected chi connectivity index (χ4v) is 2.51. The van der Waals surface area contributed by atoms with Gasteiger partial charge in [-0.3, -0.25) is 0 Å². The van der Waals surface area contributed by atoms with Crippen LogP contribution in [0.15, 0.2) is 48.5 Å². The lowest BCUT2D eigenvalue weighted by Crippen LogP contribution is -2.26. The Labute approximate surface area is 145 Å². The van der Waals surface area contributed by atoms with Gasteiger partial charge in [-0.25, -0.2) is 0 Å². The normalized spacial score (nSPS) is 12.7. The van der Waals surface area contributed by atoms with Gasteiger partial charge >= 0.3 is 0 Å². The lowest BCUT2D eigenvalue weighted by atomic mass is 9.85. The van der Waals surface area contributed by atoms with E-state index in [9.17, 15) is 5.11 Å². The largest absolute Gasteiger partial charge is 0.493 e. The monoisotopic (exact) mass is 328 g/mol. The summed E-state index contributed by atoms with van der Waals surface area (Å²) >= 11 is 0. The van der Waals surface area contributed by atoms with Gasteiger partial charge in [0.15, 0.2) is 11.5 Å². The molecule has 1 N–H and O–H groups in total. The van der Waals surface area contributed by atoms with Crippen molar-refractivity contribution in [1.29, 1.82) is 0 Å². The van der Waals surface area contributed by atoms with E-state index < -0.39 is 0 Å². The highest BCUT2D eigenvalue weighted by atomic mass is 16.5. The predicted molar refractivity (Wildman–Crippen MR) is 97.6 cm³/mol. The van der Waals surface area contributed by atoms with Crippen molar-refractivity contribution in [2.45, 2.75) is 46.3 Å². The molecule has 0 saturated heterocycles. The molecule has 0 aliphatic carbocycles. The highest BCUT2D eigenvalue weighted by Gasteiger charge is 2.21. The molecule has 2 aromatic rings. The molecule has 1 unspecified atom stereocenters. The molecule has 0 bridgehead atoms. The number of hydrogen-bond acceptors (Lipinski definition) is 3. The van der Waals surface area contributed by atoms with Gasteiger partial charge in [-0.05, 0) is 41.5 Å². The lowest BCUT2D eigenvalue weighted by Gasteiger charge is -2.25. The van der Waals surface area contributed by atoms with Crippen molar-refractivity contribution in [3.8, 4) is 11.5 Å². The summed E-state index contributed by atoms with van der Waals surface area (Å²) in [5, 5.41) is 10.2. The first-order valence-corrected chi connectivity index (χ1v) is 8.42. The molecule has 0 amide bonds. The summed E-state index contributed by atoms with van der Waals surface area (Å²) in [7, 11) is 1.64. The van der Waals surface area contributed by atoms with E-state index in [0.29, 0.717) is 6.61 Å². The van der Waals surface area contributed by atoms with Crippen LogP contribution in [0.2, 0.25) is 0 Å². The minimum atomic E-state index is -0.300. The van der Waals surface area contributed by atoms with Crippen molar-refractivity contribution in [2.75, 3.05) is 7.11 Å². The zero-order valence-electron chi connectivity index (χ0n) is 15.1. The van der Waals surface area contributed by atoms with Crippen LogP contribution in [0.4, 0.5) is 0 Å². The van der Waals surface area contributed by atoms with Crippen LogP contribution < -0.4 is 9.47 Å². The quantitative estimate of drug-likeness (QED) is 0.806. The number of rotatable bonds is 7. The molecular formula is C21H28O3. The zero-order valence-corrected chi connectivity index (χ0v) is 15.1. The molecule has 130 valence electrons. The van der Waals surface area contributed by atoms with Gasteiger partial charge in [-0.2, -0.15) is 0 Å². The highest BCUT2D eigenvalue weighted by Crippen LogP contribution is 2.27. The van der Waals surface area contributed by atoms with E-state index in [1.165, 1.54) is 5.56 Å². The van der Waals surface area contributed by atoms with E-state index in [4.69, 9.17) is 9.47 Å². The summed E-state index contributed by atoms with van der Waals surface area (Å²) in [4.78, 5) is 0. The van der Waals surface area contributed by atoms with Crippen molar-refractivity contribution in [1.82, 2.24) is 0 Å². The number of aliphatic hydroxyl groups excluding tert-OH is 1. The predicted octanol–water partition coefficient (Wildman–Crippen LogP) is 4.61.